The Labute approximate surface area is 104 Å². The van der Waals surface area contributed by atoms with Crippen molar-refractivity contribution in [2.75, 3.05) is 0 Å². The van der Waals surface area contributed by atoms with Crippen LogP contribution in [0.5, 0.6) is 0 Å². The van der Waals surface area contributed by atoms with Gasteiger partial charge in [0.05, 0.1) is 5.56 Å². The van der Waals surface area contributed by atoms with Gasteiger partial charge in [-0.2, -0.15) is 0 Å². The van der Waals surface area contributed by atoms with Gasteiger partial charge in [0.2, 0.25) is 0 Å². The average molecular weight is 270 g/mol. The highest BCUT2D eigenvalue weighted by molar-refractivity contribution is 5.96. The third kappa shape index (κ3) is 2.42. The van der Waals surface area contributed by atoms with Gasteiger partial charge in [0.15, 0.2) is 17.5 Å². The second kappa shape index (κ2) is 4.72. The number of carboxylic acid groups (broad SMARTS) is 1. The van der Waals surface area contributed by atoms with Crippen molar-refractivity contribution in [3.05, 3.63) is 59.2 Å². The van der Waals surface area contributed by atoms with Crippen LogP contribution in [-0.2, 0) is 0 Å². The van der Waals surface area contributed by atoms with E-state index in [-0.39, 0.29) is 11.1 Å². The molecule has 2 nitrogen and oxygen atoms in total. The normalized spacial score (nSPS) is 10.5. The standard InChI is InChI=1S/C13H6F4O2/c14-7-1-2-8(9(5-7)13(18)19)6-3-10(15)12(17)11(16)4-6/h1-5H,(H,18,19). The number of halogens is 4. The molecular weight excluding hydrogens is 264 g/mol. The molecule has 19 heavy (non-hydrogen) atoms. The predicted octanol–water partition coefficient (Wildman–Crippen LogP) is 3.61. The van der Waals surface area contributed by atoms with Crippen molar-refractivity contribution in [1.29, 1.82) is 0 Å². The van der Waals surface area contributed by atoms with Crippen LogP contribution in [0.25, 0.3) is 11.1 Å². The molecule has 0 unspecified atom stereocenters. The molecule has 2 aromatic carbocycles. The highest BCUT2D eigenvalue weighted by atomic mass is 19.2. The third-order valence-electron chi connectivity index (χ3n) is 2.51. The van der Waals surface area contributed by atoms with Crippen molar-refractivity contribution in [3.8, 4) is 11.1 Å². The Balaban J connectivity index is 2.68. The van der Waals surface area contributed by atoms with Gasteiger partial charge in [0.1, 0.15) is 5.82 Å². The van der Waals surface area contributed by atoms with Crippen LogP contribution in [0.1, 0.15) is 10.4 Å². The summed E-state index contributed by atoms with van der Waals surface area (Å²) in [6.45, 7) is 0. The summed E-state index contributed by atoms with van der Waals surface area (Å²) < 4.78 is 52.0. The Hall–Kier alpha value is -2.37. The third-order valence-corrected chi connectivity index (χ3v) is 2.51. The van der Waals surface area contributed by atoms with Crippen molar-refractivity contribution >= 4 is 5.97 Å². The van der Waals surface area contributed by atoms with Crippen LogP contribution in [0, 0.1) is 23.3 Å². The first-order valence-corrected chi connectivity index (χ1v) is 5.08. The maximum absolute atomic E-state index is 13.1. The number of aromatic carboxylic acids is 1. The van der Waals surface area contributed by atoms with Crippen molar-refractivity contribution in [3.63, 3.8) is 0 Å². The van der Waals surface area contributed by atoms with Gasteiger partial charge in [-0.25, -0.2) is 22.4 Å². The van der Waals surface area contributed by atoms with Gasteiger partial charge in [0.25, 0.3) is 0 Å². The molecule has 0 bridgehead atoms. The second-order valence-corrected chi connectivity index (χ2v) is 3.75. The zero-order chi connectivity index (χ0) is 14.2. The first kappa shape index (κ1) is 13.1. The van der Waals surface area contributed by atoms with Crippen LogP contribution in [0.15, 0.2) is 30.3 Å². The molecule has 0 saturated heterocycles. The van der Waals surface area contributed by atoms with Crippen molar-refractivity contribution in [1.82, 2.24) is 0 Å². The number of carboxylic acids is 1. The van der Waals surface area contributed by atoms with Crippen LogP contribution in [0.2, 0.25) is 0 Å². The van der Waals surface area contributed by atoms with Gasteiger partial charge in [0, 0.05) is 0 Å². The fraction of sp³-hybridized carbons (Fsp3) is 0. The Kier molecular flexibility index (Phi) is 3.25. The van der Waals surface area contributed by atoms with E-state index < -0.39 is 34.8 Å². The van der Waals surface area contributed by atoms with E-state index in [9.17, 15) is 22.4 Å². The molecule has 0 aliphatic carbocycles. The Morgan fingerprint density at radius 3 is 2.05 bits per heavy atom. The molecule has 0 aromatic heterocycles. The fourth-order valence-corrected chi connectivity index (χ4v) is 1.66. The van der Waals surface area contributed by atoms with Gasteiger partial charge in [-0.3, -0.25) is 0 Å². The molecule has 98 valence electrons. The zero-order valence-electron chi connectivity index (χ0n) is 9.25. The molecule has 1 N–H and O–H groups in total. The van der Waals surface area contributed by atoms with Crippen LogP contribution in [-0.4, -0.2) is 11.1 Å². The van der Waals surface area contributed by atoms with Crippen LogP contribution < -0.4 is 0 Å². The van der Waals surface area contributed by atoms with Crippen LogP contribution >= 0.6 is 0 Å². The molecule has 6 heteroatoms. The van der Waals surface area contributed by atoms with Crippen LogP contribution in [0.4, 0.5) is 17.6 Å². The minimum absolute atomic E-state index is 0.105. The second-order valence-electron chi connectivity index (χ2n) is 3.75. The summed E-state index contributed by atoms with van der Waals surface area (Å²) in [5.41, 5.74) is -0.758. The summed E-state index contributed by atoms with van der Waals surface area (Å²) >= 11 is 0. The molecule has 0 heterocycles. The minimum Gasteiger partial charge on any atom is -0.478 e. The maximum atomic E-state index is 13.1. The minimum atomic E-state index is -1.65. The number of rotatable bonds is 2. The maximum Gasteiger partial charge on any atom is 0.336 e. The topological polar surface area (TPSA) is 37.3 Å². The molecule has 0 aliphatic rings. The van der Waals surface area contributed by atoms with Gasteiger partial charge in [-0.05, 0) is 35.4 Å². The van der Waals surface area contributed by atoms with Crippen molar-refractivity contribution in [2.45, 2.75) is 0 Å². The van der Waals surface area contributed by atoms with E-state index in [1.54, 1.807) is 0 Å². The van der Waals surface area contributed by atoms with E-state index in [4.69, 9.17) is 5.11 Å². The van der Waals surface area contributed by atoms with E-state index in [1.807, 2.05) is 0 Å². The summed E-state index contributed by atoms with van der Waals surface area (Å²) in [7, 11) is 0. The molecule has 0 saturated carbocycles. The Bertz CT molecular complexity index is 645. The molecule has 0 fully saturated rings. The van der Waals surface area contributed by atoms with Crippen molar-refractivity contribution < 1.29 is 27.5 Å². The summed E-state index contributed by atoms with van der Waals surface area (Å²) in [5.74, 6) is -6.81. The van der Waals surface area contributed by atoms with E-state index in [1.165, 1.54) is 0 Å². The number of hydrogen-bond acceptors (Lipinski definition) is 1. The smallest absolute Gasteiger partial charge is 0.336 e. The average Bonchev–Trinajstić information content (AvgIpc) is 2.35. The molecular formula is C13H6F4O2. The lowest BCUT2D eigenvalue weighted by Crippen LogP contribution is -2.01. The lowest BCUT2D eigenvalue weighted by molar-refractivity contribution is 0.0697. The lowest BCUT2D eigenvalue weighted by Gasteiger charge is -2.07. The summed E-state index contributed by atoms with van der Waals surface area (Å²) in [6.07, 6.45) is 0. The van der Waals surface area contributed by atoms with Gasteiger partial charge >= 0.3 is 5.97 Å². The molecule has 0 amide bonds. The largest absolute Gasteiger partial charge is 0.478 e. The number of benzene rings is 2. The summed E-state index contributed by atoms with van der Waals surface area (Å²) in [5, 5.41) is 8.92. The first-order chi connectivity index (χ1) is 8.90. The lowest BCUT2D eigenvalue weighted by atomic mass is 9.99. The van der Waals surface area contributed by atoms with Crippen LogP contribution in [0.3, 0.4) is 0 Å². The molecule has 2 rings (SSSR count). The van der Waals surface area contributed by atoms with E-state index >= 15 is 0 Å². The molecule has 0 atom stereocenters. The molecule has 0 radical (unpaired) electrons. The molecule has 0 spiro atoms. The monoisotopic (exact) mass is 270 g/mol. The van der Waals surface area contributed by atoms with Crippen molar-refractivity contribution in [2.24, 2.45) is 0 Å². The zero-order valence-corrected chi connectivity index (χ0v) is 9.25. The number of carbonyl (C=O) groups is 1. The van der Waals surface area contributed by atoms with E-state index in [2.05, 4.69) is 0 Å². The molecule has 2 aromatic rings. The van der Waals surface area contributed by atoms with E-state index in [0.717, 1.165) is 18.2 Å². The fourth-order valence-electron chi connectivity index (χ4n) is 1.66. The molecule has 0 aliphatic heterocycles. The van der Waals surface area contributed by atoms with E-state index in [0.29, 0.717) is 12.1 Å². The SMILES string of the molecule is O=C(O)c1cc(F)ccc1-c1cc(F)c(F)c(F)c1. The first-order valence-electron chi connectivity index (χ1n) is 5.08. The summed E-state index contributed by atoms with van der Waals surface area (Å²) in [6, 6.07) is 4.03. The highest BCUT2D eigenvalue weighted by Gasteiger charge is 2.17. The van der Waals surface area contributed by atoms with Gasteiger partial charge in [-0.1, -0.05) is 6.07 Å². The number of hydrogen-bond donors (Lipinski definition) is 1. The predicted molar refractivity (Wildman–Crippen MR) is 58.7 cm³/mol. The highest BCUT2D eigenvalue weighted by Crippen LogP contribution is 2.27. The Morgan fingerprint density at radius 1 is 0.947 bits per heavy atom. The van der Waals surface area contributed by atoms with Gasteiger partial charge in [-0.15, -0.1) is 0 Å². The Morgan fingerprint density at radius 2 is 1.53 bits per heavy atom. The quantitative estimate of drug-likeness (QED) is 0.668. The summed E-state index contributed by atoms with van der Waals surface area (Å²) in [4.78, 5) is 11.0. The van der Waals surface area contributed by atoms with Gasteiger partial charge < -0.3 is 5.11 Å².